The zero-order chi connectivity index (χ0) is 17.6. The monoisotopic (exact) mass is 348 g/mol. The van der Waals surface area contributed by atoms with E-state index in [9.17, 15) is 0 Å². The van der Waals surface area contributed by atoms with Crippen molar-refractivity contribution in [2.24, 2.45) is 32.9 Å². The molecule has 8 N–H and O–H groups in total. The van der Waals surface area contributed by atoms with Crippen molar-refractivity contribution in [3.63, 3.8) is 0 Å². The third-order valence-corrected chi connectivity index (χ3v) is 5.00. The Morgan fingerprint density at radius 2 is 1.44 bits per heavy atom. The molecule has 0 atom stereocenters. The minimum absolute atomic E-state index is 0.0339. The summed E-state index contributed by atoms with van der Waals surface area (Å²) in [7, 11) is 0. The number of fused-ring (bicyclic) bond motifs is 4. The summed E-state index contributed by atoms with van der Waals surface area (Å²) >= 11 is 1.45. The average Bonchev–Trinajstić information content (AvgIpc) is 2.89. The van der Waals surface area contributed by atoms with Crippen molar-refractivity contribution in [1.82, 2.24) is 0 Å². The van der Waals surface area contributed by atoms with Gasteiger partial charge in [-0.25, -0.2) is 9.98 Å². The van der Waals surface area contributed by atoms with Gasteiger partial charge >= 0.3 is 0 Å². The molecule has 0 radical (unpaired) electrons. The molecule has 0 spiro atoms. The predicted octanol–water partition coefficient (Wildman–Crippen LogP) is 3.02. The van der Waals surface area contributed by atoms with Gasteiger partial charge in [-0.1, -0.05) is 30.3 Å². The Hall–Kier alpha value is -3.32. The number of aliphatic imine (C=N–C) groups is 2. The lowest BCUT2D eigenvalue weighted by molar-refractivity contribution is 1.41. The minimum atomic E-state index is -0.0375. The molecule has 1 heterocycles. The molecule has 7 heteroatoms. The van der Waals surface area contributed by atoms with Crippen molar-refractivity contribution in [2.75, 3.05) is 0 Å². The van der Waals surface area contributed by atoms with E-state index in [1.165, 1.54) is 16.7 Å². The lowest BCUT2D eigenvalue weighted by Gasteiger charge is -2.05. The maximum Gasteiger partial charge on any atom is 0.192 e. The van der Waals surface area contributed by atoms with E-state index >= 15 is 0 Å². The molecule has 3 aromatic carbocycles. The van der Waals surface area contributed by atoms with Gasteiger partial charge in [0.15, 0.2) is 11.9 Å². The van der Waals surface area contributed by atoms with Gasteiger partial charge in [0.05, 0.1) is 0 Å². The molecule has 0 unspecified atom stereocenters. The summed E-state index contributed by atoms with van der Waals surface area (Å²) in [4.78, 5) is 8.49. The molecule has 0 saturated carbocycles. The first-order valence-corrected chi connectivity index (χ1v) is 8.42. The molecule has 4 aromatic rings. The molecular formula is C18H16N6S. The minimum Gasteiger partial charge on any atom is -0.370 e. The summed E-state index contributed by atoms with van der Waals surface area (Å²) in [5, 5.41) is 6.02. The Kier molecular flexibility index (Phi) is 3.43. The van der Waals surface area contributed by atoms with Crippen LogP contribution in [0.1, 0.15) is 0 Å². The van der Waals surface area contributed by atoms with Crippen LogP contribution in [0.15, 0.2) is 58.5 Å². The standard InChI is InChI=1S/C18H16N6S/c19-17(20)23-15-14-12-8-10-4-2-1-3-9(10)7-11(12)5-6-13(14)25-16(15)24-18(21)22/h1-8H,(H4,19,20,23)(H4,21,22,24). The maximum atomic E-state index is 5.63. The number of nitrogens with two attached hydrogens (primary N) is 4. The summed E-state index contributed by atoms with van der Waals surface area (Å²) in [5.41, 5.74) is 23.0. The first-order chi connectivity index (χ1) is 12.0. The Bertz CT molecular complexity index is 1180. The zero-order valence-electron chi connectivity index (χ0n) is 13.2. The summed E-state index contributed by atoms with van der Waals surface area (Å²) in [5.74, 6) is -0.0714. The van der Waals surface area contributed by atoms with Crippen molar-refractivity contribution >= 4 is 65.6 Å². The third-order valence-electron chi connectivity index (χ3n) is 3.97. The lowest BCUT2D eigenvalue weighted by atomic mass is 10.0. The summed E-state index contributed by atoms with van der Waals surface area (Å²) in [6, 6.07) is 16.6. The van der Waals surface area contributed by atoms with Crippen LogP contribution in [0.3, 0.4) is 0 Å². The lowest BCUT2D eigenvalue weighted by Crippen LogP contribution is -2.22. The van der Waals surface area contributed by atoms with Crippen molar-refractivity contribution in [3.8, 4) is 0 Å². The van der Waals surface area contributed by atoms with Gasteiger partial charge < -0.3 is 22.9 Å². The molecule has 4 rings (SSSR count). The fraction of sp³-hybridized carbons (Fsp3) is 0. The molecule has 0 saturated heterocycles. The van der Waals surface area contributed by atoms with Crippen LogP contribution in [0.25, 0.3) is 31.6 Å². The number of rotatable bonds is 2. The van der Waals surface area contributed by atoms with E-state index in [4.69, 9.17) is 22.9 Å². The number of hydrogen-bond donors (Lipinski definition) is 4. The number of guanidine groups is 2. The zero-order valence-corrected chi connectivity index (χ0v) is 14.0. The second kappa shape index (κ2) is 5.64. The second-order valence-electron chi connectivity index (χ2n) is 5.69. The van der Waals surface area contributed by atoms with Crippen molar-refractivity contribution in [2.45, 2.75) is 0 Å². The van der Waals surface area contributed by atoms with Crippen LogP contribution in [0.4, 0.5) is 10.7 Å². The molecule has 124 valence electrons. The molecule has 0 aliphatic carbocycles. The Balaban J connectivity index is 2.18. The normalized spacial score (nSPS) is 11.0. The average molecular weight is 348 g/mol. The number of hydrogen-bond acceptors (Lipinski definition) is 3. The van der Waals surface area contributed by atoms with Crippen LogP contribution in [-0.2, 0) is 0 Å². The van der Waals surface area contributed by atoms with E-state index in [2.05, 4.69) is 40.3 Å². The van der Waals surface area contributed by atoms with Gasteiger partial charge in [0.2, 0.25) is 0 Å². The van der Waals surface area contributed by atoms with Crippen LogP contribution in [0, 0.1) is 0 Å². The summed E-state index contributed by atoms with van der Waals surface area (Å²) < 4.78 is 1.02. The predicted molar refractivity (Wildman–Crippen MR) is 108 cm³/mol. The molecule has 6 nitrogen and oxygen atoms in total. The van der Waals surface area contributed by atoms with Crippen LogP contribution < -0.4 is 22.9 Å². The summed E-state index contributed by atoms with van der Waals surface area (Å²) in [6.07, 6.45) is 0. The van der Waals surface area contributed by atoms with Crippen LogP contribution in [-0.4, -0.2) is 11.9 Å². The number of nitrogens with zero attached hydrogens (tertiary/aromatic N) is 2. The first-order valence-electron chi connectivity index (χ1n) is 7.60. The largest absolute Gasteiger partial charge is 0.370 e. The molecule has 0 fully saturated rings. The molecule has 0 amide bonds. The fourth-order valence-electron chi connectivity index (χ4n) is 3.01. The maximum absolute atomic E-state index is 5.63. The van der Waals surface area contributed by atoms with Crippen molar-refractivity contribution in [1.29, 1.82) is 0 Å². The smallest absolute Gasteiger partial charge is 0.192 e. The van der Waals surface area contributed by atoms with E-state index in [0.717, 1.165) is 26.2 Å². The Morgan fingerprint density at radius 1 is 0.760 bits per heavy atom. The van der Waals surface area contributed by atoms with Crippen LogP contribution >= 0.6 is 11.3 Å². The second-order valence-corrected chi connectivity index (χ2v) is 6.72. The number of benzene rings is 3. The first kappa shape index (κ1) is 15.2. The molecule has 0 bridgehead atoms. The third kappa shape index (κ3) is 2.60. The van der Waals surface area contributed by atoms with Gasteiger partial charge in [-0.15, -0.1) is 11.3 Å². The van der Waals surface area contributed by atoms with E-state index in [-0.39, 0.29) is 11.9 Å². The molecule has 25 heavy (non-hydrogen) atoms. The van der Waals surface area contributed by atoms with Gasteiger partial charge in [0, 0.05) is 10.1 Å². The molecule has 0 aliphatic rings. The van der Waals surface area contributed by atoms with Gasteiger partial charge in [-0.05, 0) is 39.7 Å². The Morgan fingerprint density at radius 3 is 2.12 bits per heavy atom. The number of thiophene rings is 1. The topological polar surface area (TPSA) is 129 Å². The van der Waals surface area contributed by atoms with Gasteiger partial charge in [0.25, 0.3) is 0 Å². The Labute approximate surface area is 147 Å². The van der Waals surface area contributed by atoms with Crippen molar-refractivity contribution < 1.29 is 0 Å². The van der Waals surface area contributed by atoms with E-state index in [1.54, 1.807) is 0 Å². The fourth-order valence-corrected chi connectivity index (χ4v) is 4.06. The van der Waals surface area contributed by atoms with E-state index < -0.39 is 0 Å². The highest BCUT2D eigenvalue weighted by molar-refractivity contribution is 7.23. The quantitative estimate of drug-likeness (QED) is 0.252. The highest BCUT2D eigenvalue weighted by atomic mass is 32.1. The van der Waals surface area contributed by atoms with Gasteiger partial charge in [-0.3, -0.25) is 0 Å². The van der Waals surface area contributed by atoms with Crippen LogP contribution in [0.5, 0.6) is 0 Å². The molecule has 1 aromatic heterocycles. The SMILES string of the molecule is NC(N)=Nc1sc2ccc3cc4ccccc4cc3c2c1N=C(N)N. The van der Waals surface area contributed by atoms with Gasteiger partial charge in [0.1, 0.15) is 10.7 Å². The highest BCUT2D eigenvalue weighted by Gasteiger charge is 2.15. The molecule has 0 aliphatic heterocycles. The van der Waals surface area contributed by atoms with Crippen LogP contribution in [0.2, 0.25) is 0 Å². The summed E-state index contributed by atoms with van der Waals surface area (Å²) in [6.45, 7) is 0. The van der Waals surface area contributed by atoms with E-state index in [1.807, 2.05) is 18.2 Å². The highest BCUT2D eigenvalue weighted by Crippen LogP contribution is 2.47. The van der Waals surface area contributed by atoms with E-state index in [0.29, 0.717) is 10.7 Å². The van der Waals surface area contributed by atoms with Gasteiger partial charge in [-0.2, -0.15) is 0 Å². The molecular weight excluding hydrogens is 332 g/mol. The van der Waals surface area contributed by atoms with Crippen molar-refractivity contribution in [3.05, 3.63) is 48.5 Å².